The quantitative estimate of drug-likeness (QED) is 0.578. The summed E-state index contributed by atoms with van der Waals surface area (Å²) >= 11 is 9.03. The Morgan fingerprint density at radius 2 is 1.96 bits per heavy atom. The Hall–Kier alpha value is -1.92. The van der Waals surface area contributed by atoms with Crippen molar-refractivity contribution in [1.82, 2.24) is 10.3 Å². The number of amides is 1. The lowest BCUT2D eigenvalue weighted by Crippen LogP contribution is -2.32. The van der Waals surface area contributed by atoms with Gasteiger partial charge in [0.2, 0.25) is 0 Å². The molecule has 0 bridgehead atoms. The van der Waals surface area contributed by atoms with Crippen LogP contribution in [0.2, 0.25) is 5.15 Å². The Kier molecular flexibility index (Phi) is 6.75. The highest BCUT2D eigenvalue weighted by Gasteiger charge is 2.15. The van der Waals surface area contributed by atoms with Crippen molar-refractivity contribution in [2.45, 2.75) is 19.4 Å². The largest absolute Gasteiger partial charge is 0.452 e. The lowest BCUT2D eigenvalue weighted by Gasteiger charge is -2.17. The van der Waals surface area contributed by atoms with E-state index >= 15 is 0 Å². The average Bonchev–Trinajstić information content (AvgIpc) is 2.59. The summed E-state index contributed by atoms with van der Waals surface area (Å²) in [6.07, 6.45) is 2.03. The lowest BCUT2D eigenvalue weighted by molar-refractivity contribution is -0.125. The number of nitrogens with one attached hydrogen (secondary N) is 1. The van der Waals surface area contributed by atoms with Crippen LogP contribution in [0, 0.1) is 0 Å². The van der Waals surface area contributed by atoms with Gasteiger partial charge in [0, 0.05) is 10.7 Å². The van der Waals surface area contributed by atoms with Crippen molar-refractivity contribution in [3.05, 3.63) is 63.3 Å². The normalized spacial score (nSPS) is 11.6. The number of rotatable bonds is 6. The van der Waals surface area contributed by atoms with E-state index in [0.29, 0.717) is 0 Å². The summed E-state index contributed by atoms with van der Waals surface area (Å²) in [4.78, 5) is 27.6. The van der Waals surface area contributed by atoms with Crippen LogP contribution in [-0.2, 0) is 9.53 Å². The molecule has 2 rings (SSSR count). The van der Waals surface area contributed by atoms with Crippen LogP contribution >= 0.6 is 27.5 Å². The van der Waals surface area contributed by atoms with Crippen molar-refractivity contribution in [1.29, 1.82) is 0 Å². The molecule has 1 atom stereocenters. The van der Waals surface area contributed by atoms with E-state index in [1.165, 1.54) is 18.3 Å². The number of hydrogen-bond donors (Lipinski definition) is 1. The zero-order valence-corrected chi connectivity index (χ0v) is 15.3. The Labute approximate surface area is 153 Å². The van der Waals surface area contributed by atoms with Crippen LogP contribution in [0.3, 0.4) is 0 Å². The smallest absolute Gasteiger partial charge is 0.340 e. The van der Waals surface area contributed by atoms with Gasteiger partial charge in [-0.05, 0) is 36.2 Å². The van der Waals surface area contributed by atoms with Gasteiger partial charge in [0.15, 0.2) is 6.61 Å². The van der Waals surface area contributed by atoms with Crippen LogP contribution in [0.1, 0.15) is 35.3 Å². The fraction of sp³-hybridized carbons (Fsp3) is 0.235. The van der Waals surface area contributed by atoms with E-state index in [0.717, 1.165) is 16.5 Å². The van der Waals surface area contributed by atoms with Gasteiger partial charge in [-0.3, -0.25) is 4.79 Å². The summed E-state index contributed by atoms with van der Waals surface area (Å²) in [6, 6.07) is 10.5. The van der Waals surface area contributed by atoms with Crippen molar-refractivity contribution >= 4 is 39.4 Å². The highest BCUT2D eigenvalue weighted by molar-refractivity contribution is 9.10. The van der Waals surface area contributed by atoms with Crippen LogP contribution in [0.25, 0.3) is 0 Å². The van der Waals surface area contributed by atoms with E-state index in [4.69, 9.17) is 16.3 Å². The minimum atomic E-state index is -0.619. The van der Waals surface area contributed by atoms with Crippen molar-refractivity contribution < 1.29 is 14.3 Å². The van der Waals surface area contributed by atoms with E-state index < -0.39 is 5.97 Å². The fourth-order valence-electron chi connectivity index (χ4n) is 2.06. The number of carbonyl (C=O) groups is 2. The van der Waals surface area contributed by atoms with Crippen LogP contribution in [0.4, 0.5) is 0 Å². The van der Waals surface area contributed by atoms with Gasteiger partial charge in [-0.25, -0.2) is 9.78 Å². The molecule has 0 radical (unpaired) electrons. The van der Waals surface area contributed by atoms with Crippen molar-refractivity contribution in [3.8, 4) is 0 Å². The van der Waals surface area contributed by atoms with E-state index in [9.17, 15) is 9.59 Å². The molecule has 1 N–H and O–H groups in total. The monoisotopic (exact) mass is 410 g/mol. The number of aromatic nitrogens is 1. The molecule has 0 unspecified atom stereocenters. The molecule has 24 heavy (non-hydrogen) atoms. The fourth-order valence-corrected chi connectivity index (χ4v) is 2.44. The van der Waals surface area contributed by atoms with Crippen molar-refractivity contribution in [2.24, 2.45) is 0 Å². The van der Waals surface area contributed by atoms with Gasteiger partial charge < -0.3 is 10.1 Å². The number of halogens is 2. The highest BCUT2D eigenvalue weighted by atomic mass is 79.9. The molecule has 0 spiro atoms. The number of carbonyl (C=O) groups excluding carboxylic acids is 2. The minimum absolute atomic E-state index is 0.137. The van der Waals surface area contributed by atoms with Crippen molar-refractivity contribution in [2.75, 3.05) is 6.61 Å². The Morgan fingerprint density at radius 3 is 2.54 bits per heavy atom. The molecule has 5 nitrogen and oxygen atoms in total. The van der Waals surface area contributed by atoms with Gasteiger partial charge in [-0.2, -0.15) is 0 Å². The molecule has 0 aliphatic heterocycles. The molecule has 0 saturated carbocycles. The number of nitrogens with zero attached hydrogens (tertiary/aromatic N) is 1. The lowest BCUT2D eigenvalue weighted by atomic mass is 10.0. The minimum Gasteiger partial charge on any atom is -0.452 e. The van der Waals surface area contributed by atoms with Crippen LogP contribution < -0.4 is 5.32 Å². The predicted molar refractivity (Wildman–Crippen MR) is 94.8 cm³/mol. The molecular weight excluding hydrogens is 396 g/mol. The molecule has 1 aromatic carbocycles. The van der Waals surface area contributed by atoms with Gasteiger partial charge >= 0.3 is 5.97 Å². The zero-order chi connectivity index (χ0) is 17.5. The van der Waals surface area contributed by atoms with Gasteiger partial charge in [0.25, 0.3) is 5.91 Å². The summed E-state index contributed by atoms with van der Waals surface area (Å²) < 4.78 is 5.96. The maximum atomic E-state index is 12.0. The first-order chi connectivity index (χ1) is 11.5. The van der Waals surface area contributed by atoms with E-state index in [-0.39, 0.29) is 29.3 Å². The molecule has 0 saturated heterocycles. The maximum Gasteiger partial charge on any atom is 0.340 e. The number of hydrogen-bond acceptors (Lipinski definition) is 4. The molecule has 0 aliphatic rings. The Bertz CT molecular complexity index is 705. The third kappa shape index (κ3) is 5.32. The first kappa shape index (κ1) is 18.4. The number of benzene rings is 1. The molecule has 1 heterocycles. The van der Waals surface area contributed by atoms with E-state index in [2.05, 4.69) is 26.2 Å². The SMILES string of the molecule is CC[C@@H](NC(=O)COC(=O)c1ccc(Cl)nc1)c1ccc(Br)cc1. The maximum absolute atomic E-state index is 12.0. The molecule has 0 fully saturated rings. The van der Waals surface area contributed by atoms with Crippen LogP contribution in [-0.4, -0.2) is 23.5 Å². The molecular formula is C17H16BrClN2O3. The van der Waals surface area contributed by atoms with Crippen LogP contribution in [0.5, 0.6) is 0 Å². The second-order valence-corrected chi connectivity index (χ2v) is 6.33. The molecule has 0 aliphatic carbocycles. The number of ether oxygens (including phenoxy) is 1. The molecule has 7 heteroatoms. The predicted octanol–water partition coefficient (Wildman–Crippen LogP) is 3.92. The Morgan fingerprint density at radius 1 is 1.25 bits per heavy atom. The second kappa shape index (κ2) is 8.80. The average molecular weight is 412 g/mol. The van der Waals surface area contributed by atoms with Gasteiger partial charge in [0.1, 0.15) is 5.15 Å². The van der Waals surface area contributed by atoms with E-state index in [1.54, 1.807) is 0 Å². The summed E-state index contributed by atoms with van der Waals surface area (Å²) in [7, 11) is 0. The first-order valence-electron chi connectivity index (χ1n) is 7.33. The van der Waals surface area contributed by atoms with Crippen LogP contribution in [0.15, 0.2) is 47.1 Å². The summed E-state index contributed by atoms with van der Waals surface area (Å²) in [6.45, 7) is 1.62. The topological polar surface area (TPSA) is 68.3 Å². The highest BCUT2D eigenvalue weighted by Crippen LogP contribution is 2.19. The second-order valence-electron chi connectivity index (χ2n) is 5.03. The summed E-state index contributed by atoms with van der Waals surface area (Å²) in [5, 5.41) is 3.13. The van der Waals surface area contributed by atoms with Gasteiger partial charge in [-0.15, -0.1) is 0 Å². The Balaban J connectivity index is 1.88. The van der Waals surface area contributed by atoms with E-state index in [1.807, 2.05) is 31.2 Å². The first-order valence-corrected chi connectivity index (χ1v) is 8.50. The number of pyridine rings is 1. The van der Waals surface area contributed by atoms with Crippen molar-refractivity contribution in [3.63, 3.8) is 0 Å². The van der Waals surface area contributed by atoms with Gasteiger partial charge in [-0.1, -0.05) is 46.6 Å². The standard InChI is InChI=1S/C17H16BrClN2O3/c1-2-14(11-3-6-13(18)7-4-11)21-16(22)10-24-17(23)12-5-8-15(19)20-9-12/h3-9,14H,2,10H2,1H3,(H,21,22)/t14-/m1/s1. The third-order valence-electron chi connectivity index (χ3n) is 3.31. The zero-order valence-electron chi connectivity index (χ0n) is 13.0. The number of esters is 1. The molecule has 2 aromatic rings. The molecule has 1 aromatic heterocycles. The molecule has 1 amide bonds. The molecule has 126 valence electrons. The summed E-state index contributed by atoms with van der Waals surface area (Å²) in [5.41, 5.74) is 1.23. The van der Waals surface area contributed by atoms with Gasteiger partial charge in [0.05, 0.1) is 11.6 Å². The summed E-state index contributed by atoms with van der Waals surface area (Å²) in [5.74, 6) is -0.981. The third-order valence-corrected chi connectivity index (χ3v) is 4.07.